The molecule has 2 aliphatic rings. The molecular formula is C17H20F2N4O3S. The van der Waals surface area contributed by atoms with Gasteiger partial charge in [-0.25, -0.2) is 22.2 Å². The summed E-state index contributed by atoms with van der Waals surface area (Å²) in [6.45, 7) is 0.631. The second-order valence-electron chi connectivity index (χ2n) is 7.07. The van der Waals surface area contributed by atoms with Crippen LogP contribution in [0.25, 0.3) is 0 Å². The Balaban J connectivity index is 1.61. The number of hydrogen-bond donors (Lipinski definition) is 1. The zero-order chi connectivity index (χ0) is 19.2. The molecule has 10 heteroatoms. The van der Waals surface area contributed by atoms with Crippen molar-refractivity contribution in [3.63, 3.8) is 0 Å². The van der Waals surface area contributed by atoms with Gasteiger partial charge in [0.05, 0.1) is 6.61 Å². The maximum atomic E-state index is 14.1. The Kier molecular flexibility index (Phi) is 4.73. The summed E-state index contributed by atoms with van der Waals surface area (Å²) in [5.41, 5.74) is 0. The van der Waals surface area contributed by atoms with Crippen molar-refractivity contribution in [2.45, 2.75) is 29.6 Å². The van der Waals surface area contributed by atoms with E-state index < -0.39 is 26.6 Å². The second kappa shape index (κ2) is 6.92. The largest absolute Gasteiger partial charge is 0.384 e. The van der Waals surface area contributed by atoms with Crippen molar-refractivity contribution in [1.82, 2.24) is 19.5 Å². The molecule has 1 aromatic heterocycles. The highest BCUT2D eigenvalue weighted by Crippen LogP contribution is 2.40. The summed E-state index contributed by atoms with van der Waals surface area (Å²) in [6, 6.07) is 2.47. The van der Waals surface area contributed by atoms with E-state index in [1.165, 1.54) is 4.31 Å². The normalized spacial score (nSPS) is 23.8. The number of aromatic nitrogens is 3. The Morgan fingerprint density at radius 3 is 2.74 bits per heavy atom. The predicted molar refractivity (Wildman–Crippen MR) is 91.6 cm³/mol. The summed E-state index contributed by atoms with van der Waals surface area (Å²) in [7, 11) is -2.56. The number of nitrogens with zero attached hydrogens (tertiary/aromatic N) is 3. The highest BCUT2D eigenvalue weighted by atomic mass is 32.2. The molecule has 2 heterocycles. The third-order valence-electron chi connectivity index (χ3n) is 5.11. The molecule has 1 aliphatic heterocycles. The van der Waals surface area contributed by atoms with Crippen molar-refractivity contribution in [3.8, 4) is 0 Å². The molecule has 0 radical (unpaired) electrons. The van der Waals surface area contributed by atoms with Crippen molar-refractivity contribution in [1.29, 1.82) is 0 Å². The first-order valence-corrected chi connectivity index (χ1v) is 10.2. The van der Waals surface area contributed by atoms with Crippen molar-refractivity contribution >= 4 is 10.0 Å². The molecule has 146 valence electrons. The van der Waals surface area contributed by atoms with E-state index in [4.69, 9.17) is 4.74 Å². The van der Waals surface area contributed by atoms with Gasteiger partial charge in [-0.1, -0.05) is 0 Å². The molecule has 1 aromatic carbocycles. The number of ether oxygens (including phenoxy) is 1. The summed E-state index contributed by atoms with van der Waals surface area (Å²) >= 11 is 0. The van der Waals surface area contributed by atoms with Crippen LogP contribution >= 0.6 is 0 Å². The SMILES string of the molecule is COCC1CN(S(=O)(=O)c2ccc(F)cc2F)CC1c1nc(C2CC2)n[nH]1. The van der Waals surface area contributed by atoms with Crippen molar-refractivity contribution in [2.75, 3.05) is 26.8 Å². The van der Waals surface area contributed by atoms with E-state index in [-0.39, 0.29) is 24.9 Å². The Morgan fingerprint density at radius 2 is 2.07 bits per heavy atom. The van der Waals surface area contributed by atoms with Gasteiger partial charge < -0.3 is 4.74 Å². The molecule has 0 amide bonds. The Hall–Kier alpha value is -1.91. The minimum absolute atomic E-state index is 0.131. The van der Waals surface area contributed by atoms with Crippen molar-refractivity contribution < 1.29 is 21.9 Å². The first-order chi connectivity index (χ1) is 12.9. The molecule has 1 saturated heterocycles. The van der Waals surface area contributed by atoms with Crippen LogP contribution in [0.15, 0.2) is 23.1 Å². The molecule has 2 atom stereocenters. The number of rotatable bonds is 6. The maximum absolute atomic E-state index is 14.1. The van der Waals surface area contributed by atoms with Crippen LogP contribution in [0.1, 0.15) is 36.3 Å². The van der Waals surface area contributed by atoms with E-state index in [0.717, 1.165) is 30.8 Å². The summed E-state index contributed by atoms with van der Waals surface area (Å²) in [5, 5.41) is 7.17. The van der Waals surface area contributed by atoms with Crippen LogP contribution in [0.5, 0.6) is 0 Å². The van der Waals surface area contributed by atoms with Gasteiger partial charge in [0.2, 0.25) is 10.0 Å². The van der Waals surface area contributed by atoms with Crippen LogP contribution in [-0.2, 0) is 14.8 Å². The van der Waals surface area contributed by atoms with Crippen LogP contribution in [-0.4, -0.2) is 54.7 Å². The molecule has 27 heavy (non-hydrogen) atoms. The zero-order valence-electron chi connectivity index (χ0n) is 14.7. The third kappa shape index (κ3) is 3.48. The lowest BCUT2D eigenvalue weighted by Crippen LogP contribution is -2.30. The van der Waals surface area contributed by atoms with E-state index in [1.54, 1.807) is 7.11 Å². The molecule has 7 nitrogen and oxygen atoms in total. The van der Waals surface area contributed by atoms with Gasteiger partial charge in [-0.15, -0.1) is 0 Å². The van der Waals surface area contributed by atoms with Crippen LogP contribution in [0, 0.1) is 17.6 Å². The van der Waals surface area contributed by atoms with Gasteiger partial charge in [-0.05, 0) is 25.0 Å². The van der Waals surface area contributed by atoms with Crippen LogP contribution < -0.4 is 0 Å². The quantitative estimate of drug-likeness (QED) is 0.804. The zero-order valence-corrected chi connectivity index (χ0v) is 15.5. The monoisotopic (exact) mass is 398 g/mol. The van der Waals surface area contributed by atoms with Crippen LogP contribution in [0.4, 0.5) is 8.78 Å². The number of sulfonamides is 1. The van der Waals surface area contributed by atoms with Gasteiger partial charge in [0, 0.05) is 44.0 Å². The number of nitrogens with one attached hydrogen (secondary N) is 1. The van der Waals surface area contributed by atoms with E-state index in [0.29, 0.717) is 24.4 Å². The molecule has 4 rings (SSSR count). The third-order valence-corrected chi connectivity index (χ3v) is 6.98. The van der Waals surface area contributed by atoms with Gasteiger partial charge >= 0.3 is 0 Å². The fourth-order valence-corrected chi connectivity index (χ4v) is 5.09. The topological polar surface area (TPSA) is 88.2 Å². The molecule has 1 aliphatic carbocycles. The van der Waals surface area contributed by atoms with Gasteiger partial charge in [0.25, 0.3) is 0 Å². The van der Waals surface area contributed by atoms with Crippen LogP contribution in [0.2, 0.25) is 0 Å². The fraction of sp³-hybridized carbons (Fsp3) is 0.529. The van der Waals surface area contributed by atoms with Crippen molar-refractivity contribution in [3.05, 3.63) is 41.5 Å². The summed E-state index contributed by atoms with van der Waals surface area (Å²) in [4.78, 5) is 4.01. The highest BCUT2D eigenvalue weighted by Gasteiger charge is 2.43. The number of methoxy groups -OCH3 is 1. The first-order valence-electron chi connectivity index (χ1n) is 8.76. The predicted octanol–water partition coefficient (Wildman–Crippen LogP) is 2.01. The lowest BCUT2D eigenvalue weighted by molar-refractivity contribution is 0.150. The molecule has 2 unspecified atom stereocenters. The van der Waals surface area contributed by atoms with E-state index >= 15 is 0 Å². The maximum Gasteiger partial charge on any atom is 0.246 e. The molecule has 0 bridgehead atoms. The highest BCUT2D eigenvalue weighted by molar-refractivity contribution is 7.89. The standard InChI is InChI=1S/C17H20F2N4O3S/c1-26-9-11-7-23(27(24,25)15-5-4-12(18)6-14(15)19)8-13(11)17-20-16(21-22-17)10-2-3-10/h4-6,10-11,13H,2-3,7-9H2,1H3,(H,20,21,22). The van der Waals surface area contributed by atoms with E-state index in [9.17, 15) is 17.2 Å². The molecule has 1 N–H and O–H groups in total. The summed E-state index contributed by atoms with van der Waals surface area (Å²) in [5.74, 6) is -0.542. The van der Waals surface area contributed by atoms with Gasteiger partial charge in [-0.2, -0.15) is 9.40 Å². The molecular weight excluding hydrogens is 378 g/mol. The molecule has 0 spiro atoms. The lowest BCUT2D eigenvalue weighted by atomic mass is 9.96. The fourth-order valence-electron chi connectivity index (χ4n) is 3.52. The minimum atomic E-state index is -4.10. The number of hydrogen-bond acceptors (Lipinski definition) is 5. The molecule has 1 saturated carbocycles. The Labute approximate surface area is 155 Å². The summed E-state index contributed by atoms with van der Waals surface area (Å²) in [6.07, 6.45) is 2.13. The number of halogens is 2. The Morgan fingerprint density at radius 1 is 1.30 bits per heavy atom. The lowest BCUT2D eigenvalue weighted by Gasteiger charge is -2.16. The van der Waals surface area contributed by atoms with Crippen molar-refractivity contribution in [2.24, 2.45) is 5.92 Å². The summed E-state index contributed by atoms with van der Waals surface area (Å²) < 4.78 is 59.4. The van der Waals surface area contributed by atoms with Gasteiger partial charge in [0.1, 0.15) is 22.4 Å². The average molecular weight is 398 g/mol. The first kappa shape index (κ1) is 18.5. The minimum Gasteiger partial charge on any atom is -0.384 e. The average Bonchev–Trinajstić information content (AvgIpc) is 3.18. The number of benzene rings is 1. The Bertz CT molecular complexity index is 945. The van der Waals surface area contributed by atoms with Gasteiger partial charge in [-0.3, -0.25) is 5.10 Å². The smallest absolute Gasteiger partial charge is 0.246 e. The molecule has 2 aromatic rings. The second-order valence-corrected chi connectivity index (χ2v) is 8.98. The van der Waals surface area contributed by atoms with E-state index in [1.807, 2.05) is 0 Å². The number of aromatic amines is 1. The van der Waals surface area contributed by atoms with Crippen LogP contribution in [0.3, 0.4) is 0 Å². The number of H-pyrrole nitrogens is 1. The van der Waals surface area contributed by atoms with Gasteiger partial charge in [0.15, 0.2) is 5.82 Å². The van der Waals surface area contributed by atoms with E-state index in [2.05, 4.69) is 15.2 Å². The molecule has 2 fully saturated rings.